The molecule has 1 N–H and O–H groups in total. The van der Waals surface area contributed by atoms with Gasteiger partial charge in [0.2, 0.25) is 0 Å². The summed E-state index contributed by atoms with van der Waals surface area (Å²) in [5.41, 5.74) is 0.684. The van der Waals surface area contributed by atoms with E-state index in [4.69, 9.17) is 0 Å². The topological polar surface area (TPSA) is 45.2 Å². The number of nitrogens with zero attached hydrogens (tertiary/aromatic N) is 2. The summed E-state index contributed by atoms with van der Waals surface area (Å²) in [6.45, 7) is 3.02. The van der Waals surface area contributed by atoms with Gasteiger partial charge >= 0.3 is 0 Å². The van der Waals surface area contributed by atoms with E-state index in [1.165, 1.54) is 25.7 Å². The molecule has 4 heteroatoms. The van der Waals surface area contributed by atoms with Gasteiger partial charge in [-0.1, -0.05) is 32.6 Å². The van der Waals surface area contributed by atoms with Gasteiger partial charge in [-0.25, -0.2) is 4.98 Å². The summed E-state index contributed by atoms with van der Waals surface area (Å²) in [7, 11) is 1.93. The molecule has 2 rings (SSSR count). The molecule has 1 aliphatic carbocycles. The van der Waals surface area contributed by atoms with Crippen molar-refractivity contribution < 1.29 is 4.79 Å². The van der Waals surface area contributed by atoms with E-state index in [1.54, 1.807) is 6.20 Å². The van der Waals surface area contributed by atoms with E-state index in [0.29, 0.717) is 11.6 Å². The molecule has 0 radical (unpaired) electrons. The monoisotopic (exact) mass is 289 g/mol. The van der Waals surface area contributed by atoms with Gasteiger partial charge in [-0.2, -0.15) is 0 Å². The van der Waals surface area contributed by atoms with Crippen molar-refractivity contribution in [2.45, 2.75) is 57.9 Å². The summed E-state index contributed by atoms with van der Waals surface area (Å²) in [6.07, 6.45) is 10.1. The van der Waals surface area contributed by atoms with Crippen molar-refractivity contribution in [2.24, 2.45) is 0 Å². The van der Waals surface area contributed by atoms with Crippen LogP contribution in [0.3, 0.4) is 0 Å². The van der Waals surface area contributed by atoms with Crippen LogP contribution in [0.2, 0.25) is 0 Å². The second-order valence-corrected chi connectivity index (χ2v) is 5.92. The van der Waals surface area contributed by atoms with Gasteiger partial charge in [0, 0.05) is 25.8 Å². The molecule has 21 heavy (non-hydrogen) atoms. The fraction of sp³-hybridized carbons (Fsp3) is 0.647. The average Bonchev–Trinajstić information content (AvgIpc) is 2.81. The highest BCUT2D eigenvalue weighted by Gasteiger charge is 2.22. The number of carbonyl (C=O) groups excluding carboxylic acids is 1. The van der Waals surface area contributed by atoms with Crippen molar-refractivity contribution in [3.63, 3.8) is 0 Å². The smallest absolute Gasteiger partial charge is 0.255 e. The molecule has 0 saturated heterocycles. The lowest BCUT2D eigenvalue weighted by Gasteiger charge is -2.27. The van der Waals surface area contributed by atoms with E-state index in [0.717, 1.165) is 31.6 Å². The molecule has 1 amide bonds. The molecule has 0 atom stereocenters. The third-order valence-corrected chi connectivity index (χ3v) is 4.26. The van der Waals surface area contributed by atoms with Gasteiger partial charge in [0.1, 0.15) is 5.82 Å². The number of amides is 1. The fourth-order valence-corrected chi connectivity index (χ4v) is 2.89. The zero-order valence-corrected chi connectivity index (χ0v) is 13.3. The molecule has 0 spiro atoms. The predicted octanol–water partition coefficient (Wildman–Crippen LogP) is 3.70. The highest BCUT2D eigenvalue weighted by Crippen LogP contribution is 2.22. The van der Waals surface area contributed by atoms with Gasteiger partial charge in [-0.05, 0) is 31.4 Å². The van der Waals surface area contributed by atoms with Crippen molar-refractivity contribution in [2.75, 3.05) is 18.9 Å². The van der Waals surface area contributed by atoms with Crippen LogP contribution in [0.5, 0.6) is 0 Å². The largest absolute Gasteiger partial charge is 0.370 e. The van der Waals surface area contributed by atoms with Crippen LogP contribution in [-0.4, -0.2) is 35.4 Å². The Balaban J connectivity index is 1.97. The molecule has 0 bridgehead atoms. The first-order chi connectivity index (χ1) is 10.2. The number of aromatic nitrogens is 1. The van der Waals surface area contributed by atoms with Crippen molar-refractivity contribution in [3.8, 4) is 0 Å². The molecule has 1 heterocycles. The lowest BCUT2D eigenvalue weighted by atomic mass is 10.1. The van der Waals surface area contributed by atoms with Crippen LogP contribution in [0.1, 0.15) is 62.2 Å². The van der Waals surface area contributed by atoms with E-state index >= 15 is 0 Å². The first-order valence-corrected chi connectivity index (χ1v) is 8.19. The Hall–Kier alpha value is -1.58. The third kappa shape index (κ3) is 4.45. The zero-order valence-electron chi connectivity index (χ0n) is 13.3. The molecule has 4 nitrogen and oxygen atoms in total. The minimum Gasteiger partial charge on any atom is -0.370 e. The number of hydrogen-bond donors (Lipinski definition) is 1. The van der Waals surface area contributed by atoms with E-state index < -0.39 is 0 Å². The lowest BCUT2D eigenvalue weighted by molar-refractivity contribution is 0.0717. The molecule has 1 aromatic rings. The highest BCUT2D eigenvalue weighted by molar-refractivity contribution is 5.94. The van der Waals surface area contributed by atoms with Crippen LogP contribution in [0.15, 0.2) is 18.3 Å². The number of rotatable bonds is 5. The van der Waals surface area contributed by atoms with E-state index in [9.17, 15) is 4.79 Å². The van der Waals surface area contributed by atoms with Gasteiger partial charge in [0.05, 0.1) is 5.56 Å². The summed E-state index contributed by atoms with van der Waals surface area (Å²) in [6, 6.07) is 4.16. The third-order valence-electron chi connectivity index (χ3n) is 4.26. The van der Waals surface area contributed by atoms with Gasteiger partial charge in [0.15, 0.2) is 0 Å². The summed E-state index contributed by atoms with van der Waals surface area (Å²) in [5.74, 6) is 0.932. The molecular formula is C17H27N3O. The Bertz CT molecular complexity index is 436. The zero-order chi connectivity index (χ0) is 15.1. The molecule has 1 saturated carbocycles. The summed E-state index contributed by atoms with van der Waals surface area (Å²) in [4.78, 5) is 18.8. The summed E-state index contributed by atoms with van der Waals surface area (Å²) >= 11 is 0. The van der Waals surface area contributed by atoms with Crippen LogP contribution in [0.25, 0.3) is 0 Å². The first-order valence-electron chi connectivity index (χ1n) is 8.19. The Morgan fingerprint density at radius 3 is 2.57 bits per heavy atom. The molecule has 1 fully saturated rings. The Labute approximate surface area is 127 Å². The standard InChI is InChI=1S/C17H27N3O/c1-3-12-18-16-11-10-14(13-19-16)17(21)20(2)15-8-6-4-5-7-9-15/h10-11,13,15H,3-9,12H2,1-2H3,(H,18,19). The van der Waals surface area contributed by atoms with E-state index in [2.05, 4.69) is 17.2 Å². The predicted molar refractivity (Wildman–Crippen MR) is 86.6 cm³/mol. The van der Waals surface area contributed by atoms with Crippen LogP contribution in [0, 0.1) is 0 Å². The second-order valence-electron chi connectivity index (χ2n) is 5.92. The van der Waals surface area contributed by atoms with Gasteiger partial charge < -0.3 is 10.2 Å². The molecule has 1 aromatic heterocycles. The maximum absolute atomic E-state index is 12.5. The van der Waals surface area contributed by atoms with Gasteiger partial charge in [-0.15, -0.1) is 0 Å². The summed E-state index contributed by atoms with van der Waals surface area (Å²) < 4.78 is 0. The SMILES string of the molecule is CCCNc1ccc(C(=O)N(C)C2CCCCCC2)cn1. The van der Waals surface area contributed by atoms with E-state index in [-0.39, 0.29) is 5.91 Å². The molecular weight excluding hydrogens is 262 g/mol. The van der Waals surface area contributed by atoms with Crippen LogP contribution >= 0.6 is 0 Å². The van der Waals surface area contributed by atoms with Crippen molar-refractivity contribution in [1.29, 1.82) is 0 Å². The Kier molecular flexibility index (Phi) is 6.03. The molecule has 0 aliphatic heterocycles. The Morgan fingerprint density at radius 1 is 1.29 bits per heavy atom. The number of nitrogens with one attached hydrogen (secondary N) is 1. The first kappa shape index (κ1) is 15.8. The van der Waals surface area contributed by atoms with Crippen LogP contribution < -0.4 is 5.32 Å². The normalized spacial score (nSPS) is 16.3. The highest BCUT2D eigenvalue weighted by atomic mass is 16.2. The molecule has 0 aromatic carbocycles. The van der Waals surface area contributed by atoms with Crippen molar-refractivity contribution >= 4 is 11.7 Å². The average molecular weight is 289 g/mol. The minimum absolute atomic E-state index is 0.0939. The van der Waals surface area contributed by atoms with Gasteiger partial charge in [0.25, 0.3) is 5.91 Å². The minimum atomic E-state index is 0.0939. The quantitative estimate of drug-likeness (QED) is 0.841. The van der Waals surface area contributed by atoms with Crippen LogP contribution in [0.4, 0.5) is 5.82 Å². The van der Waals surface area contributed by atoms with Crippen molar-refractivity contribution in [1.82, 2.24) is 9.88 Å². The number of pyridine rings is 1. The summed E-state index contributed by atoms with van der Waals surface area (Å²) in [5, 5.41) is 3.23. The maximum atomic E-state index is 12.5. The second kappa shape index (κ2) is 8.01. The number of anilines is 1. The Morgan fingerprint density at radius 2 is 2.00 bits per heavy atom. The molecule has 1 aliphatic rings. The van der Waals surface area contributed by atoms with Crippen molar-refractivity contribution in [3.05, 3.63) is 23.9 Å². The molecule has 0 unspecified atom stereocenters. The lowest BCUT2D eigenvalue weighted by Crippen LogP contribution is -2.36. The number of hydrogen-bond acceptors (Lipinski definition) is 3. The number of carbonyl (C=O) groups is 1. The van der Waals surface area contributed by atoms with Gasteiger partial charge in [-0.3, -0.25) is 4.79 Å². The maximum Gasteiger partial charge on any atom is 0.255 e. The fourth-order valence-electron chi connectivity index (χ4n) is 2.89. The van der Waals surface area contributed by atoms with E-state index in [1.807, 2.05) is 24.1 Å². The molecule has 116 valence electrons. The van der Waals surface area contributed by atoms with Crippen LogP contribution in [-0.2, 0) is 0 Å².